The number of phenolic OH excluding ortho intramolecular Hbond substituents is 2. The molecule has 8 heteroatoms. The van der Waals surface area contributed by atoms with E-state index in [1.54, 1.807) is 0 Å². The van der Waals surface area contributed by atoms with Gasteiger partial charge in [0.15, 0.2) is 11.9 Å². The normalized spacial score (nSPS) is 28.0. The first-order valence-electron chi connectivity index (χ1n) is 6.50. The first kappa shape index (κ1) is 14.5. The topological polar surface area (TPSA) is 126 Å². The summed E-state index contributed by atoms with van der Waals surface area (Å²) in [5.74, 6) is -3.02. The molecule has 0 aliphatic carbocycles. The van der Waals surface area contributed by atoms with Gasteiger partial charge in [0.25, 0.3) is 11.5 Å². The van der Waals surface area contributed by atoms with Crippen LogP contribution in [0.1, 0.15) is 12.5 Å². The van der Waals surface area contributed by atoms with Crippen LogP contribution < -0.4 is 0 Å². The van der Waals surface area contributed by atoms with Gasteiger partial charge in [-0.3, -0.25) is 0 Å². The molecule has 2 heterocycles. The minimum absolute atomic E-state index is 0.0403. The molecule has 0 radical (unpaired) electrons. The Bertz CT molecular complexity index is 667. The minimum Gasteiger partial charge on any atom is -0.508 e. The van der Waals surface area contributed by atoms with Crippen LogP contribution in [0.3, 0.4) is 0 Å². The Morgan fingerprint density at radius 2 is 2.05 bits per heavy atom. The molecule has 1 aromatic rings. The second kappa shape index (κ2) is 4.79. The molecule has 2 aliphatic heterocycles. The number of hydrogen-bond donors (Lipinski definition) is 4. The Labute approximate surface area is 124 Å². The van der Waals surface area contributed by atoms with Crippen LogP contribution in [0.5, 0.6) is 11.5 Å². The number of ether oxygens (including phenoxy) is 3. The number of aromatic hydroxyl groups is 2. The van der Waals surface area contributed by atoms with E-state index in [2.05, 4.69) is 0 Å². The van der Waals surface area contributed by atoms with Gasteiger partial charge < -0.3 is 34.6 Å². The van der Waals surface area contributed by atoms with Gasteiger partial charge in [-0.25, -0.2) is 4.79 Å². The van der Waals surface area contributed by atoms with Crippen LogP contribution in [0.4, 0.5) is 0 Å². The number of phenols is 2. The lowest BCUT2D eigenvalue weighted by Crippen LogP contribution is -2.35. The average Bonchev–Trinajstić information content (AvgIpc) is 2.95. The van der Waals surface area contributed by atoms with Crippen molar-refractivity contribution in [3.8, 4) is 11.5 Å². The number of aliphatic hydroxyl groups excluding tert-OH is 2. The summed E-state index contributed by atoms with van der Waals surface area (Å²) in [5, 5.41) is 37.9. The largest absolute Gasteiger partial charge is 0.508 e. The van der Waals surface area contributed by atoms with Crippen LogP contribution in [-0.2, 0) is 24.8 Å². The highest BCUT2D eigenvalue weighted by atomic mass is 16.8. The van der Waals surface area contributed by atoms with Crippen LogP contribution >= 0.6 is 0 Å². The molecule has 0 bridgehead atoms. The Morgan fingerprint density at radius 1 is 1.32 bits per heavy atom. The highest BCUT2D eigenvalue weighted by Gasteiger charge is 2.53. The van der Waals surface area contributed by atoms with Gasteiger partial charge in [0.1, 0.15) is 17.6 Å². The zero-order valence-electron chi connectivity index (χ0n) is 11.5. The standard InChI is InChI=1S/C14H14O8/c1-14(7-3-2-6(16)4-8(7)17)21-11-10(9(18)5-15)20-13(19)12(11)22-14/h2-4,9-10,15-18H,5H2,1H3. The van der Waals surface area contributed by atoms with Gasteiger partial charge in [-0.05, 0) is 12.1 Å². The first-order chi connectivity index (χ1) is 10.4. The smallest absolute Gasteiger partial charge is 0.378 e. The lowest BCUT2D eigenvalue weighted by molar-refractivity contribution is -0.189. The molecule has 0 spiro atoms. The summed E-state index contributed by atoms with van der Waals surface area (Å²) in [6.07, 6.45) is -2.52. The van der Waals surface area contributed by atoms with Crippen LogP contribution in [0, 0.1) is 0 Å². The molecule has 0 amide bonds. The maximum Gasteiger partial charge on any atom is 0.378 e. The average molecular weight is 310 g/mol. The summed E-state index contributed by atoms with van der Waals surface area (Å²) >= 11 is 0. The van der Waals surface area contributed by atoms with Gasteiger partial charge in [0.05, 0.1) is 12.2 Å². The Kier molecular flexibility index (Phi) is 3.15. The quantitative estimate of drug-likeness (QED) is 0.566. The molecule has 3 rings (SSSR count). The highest BCUT2D eigenvalue weighted by molar-refractivity contribution is 5.90. The van der Waals surface area contributed by atoms with E-state index in [9.17, 15) is 20.1 Å². The number of aliphatic hydroxyl groups is 2. The maximum absolute atomic E-state index is 11.8. The van der Waals surface area contributed by atoms with Crippen molar-refractivity contribution in [2.75, 3.05) is 6.61 Å². The fourth-order valence-corrected chi connectivity index (χ4v) is 2.44. The van der Waals surface area contributed by atoms with Gasteiger partial charge in [-0.15, -0.1) is 0 Å². The molecule has 118 valence electrons. The van der Waals surface area contributed by atoms with E-state index < -0.39 is 30.6 Å². The Morgan fingerprint density at radius 3 is 2.68 bits per heavy atom. The van der Waals surface area contributed by atoms with Crippen molar-refractivity contribution in [2.45, 2.75) is 24.9 Å². The van der Waals surface area contributed by atoms with Gasteiger partial charge in [0.2, 0.25) is 0 Å². The summed E-state index contributed by atoms with van der Waals surface area (Å²) in [7, 11) is 0. The van der Waals surface area contributed by atoms with Crippen molar-refractivity contribution in [1.29, 1.82) is 0 Å². The molecule has 0 aromatic heterocycles. The minimum atomic E-state index is -1.52. The van der Waals surface area contributed by atoms with Gasteiger partial charge in [0, 0.05) is 13.0 Å². The molecule has 22 heavy (non-hydrogen) atoms. The van der Waals surface area contributed by atoms with Crippen LogP contribution in [-0.4, -0.2) is 45.2 Å². The number of carbonyl (C=O) groups is 1. The Hall–Kier alpha value is -2.45. The molecule has 0 fully saturated rings. The van der Waals surface area contributed by atoms with Crippen LogP contribution in [0.25, 0.3) is 0 Å². The molecular formula is C14H14O8. The number of cyclic esters (lactones) is 1. The second-order valence-electron chi connectivity index (χ2n) is 5.12. The van der Waals surface area contributed by atoms with E-state index in [4.69, 9.17) is 19.3 Å². The van der Waals surface area contributed by atoms with Crippen molar-refractivity contribution in [2.24, 2.45) is 0 Å². The van der Waals surface area contributed by atoms with Crippen LogP contribution in [0.2, 0.25) is 0 Å². The van der Waals surface area contributed by atoms with Gasteiger partial charge in [-0.1, -0.05) is 0 Å². The zero-order chi connectivity index (χ0) is 16.1. The van der Waals surface area contributed by atoms with Crippen LogP contribution in [0.15, 0.2) is 29.7 Å². The molecule has 1 aromatic carbocycles. The molecule has 3 atom stereocenters. The molecule has 4 N–H and O–H groups in total. The summed E-state index contributed by atoms with van der Waals surface area (Å²) in [6, 6.07) is 3.82. The van der Waals surface area contributed by atoms with E-state index >= 15 is 0 Å². The lowest BCUT2D eigenvalue weighted by Gasteiger charge is -2.28. The van der Waals surface area contributed by atoms with E-state index in [1.165, 1.54) is 19.1 Å². The maximum atomic E-state index is 11.8. The predicted octanol–water partition coefficient (Wildman–Crippen LogP) is -0.193. The Balaban J connectivity index is 1.94. The number of rotatable bonds is 3. The molecular weight excluding hydrogens is 296 g/mol. The first-order valence-corrected chi connectivity index (χ1v) is 6.50. The number of benzene rings is 1. The van der Waals surface area contributed by atoms with Crippen molar-refractivity contribution in [1.82, 2.24) is 0 Å². The summed E-state index contributed by atoms with van der Waals surface area (Å²) in [6.45, 7) is 0.840. The molecule has 0 saturated carbocycles. The highest BCUT2D eigenvalue weighted by Crippen LogP contribution is 2.47. The van der Waals surface area contributed by atoms with Gasteiger partial charge >= 0.3 is 5.97 Å². The fourth-order valence-electron chi connectivity index (χ4n) is 2.44. The summed E-state index contributed by atoms with van der Waals surface area (Å²) in [4.78, 5) is 11.8. The number of esters is 1. The van der Waals surface area contributed by atoms with Crippen molar-refractivity contribution in [3.63, 3.8) is 0 Å². The second-order valence-corrected chi connectivity index (χ2v) is 5.12. The van der Waals surface area contributed by atoms with E-state index in [0.717, 1.165) is 6.07 Å². The van der Waals surface area contributed by atoms with E-state index in [0.29, 0.717) is 0 Å². The van der Waals surface area contributed by atoms with Crippen molar-refractivity contribution >= 4 is 5.97 Å². The molecule has 0 saturated heterocycles. The SMILES string of the molecule is CC1(c2ccc(O)cc2O)OC2=C(O1)C(C(O)CO)OC2=O. The molecule has 8 nitrogen and oxygen atoms in total. The summed E-state index contributed by atoms with van der Waals surface area (Å²) in [5.41, 5.74) is 0.185. The van der Waals surface area contributed by atoms with E-state index in [-0.39, 0.29) is 28.6 Å². The third kappa shape index (κ3) is 2.04. The monoisotopic (exact) mass is 310 g/mol. The molecule has 2 aliphatic rings. The van der Waals surface area contributed by atoms with E-state index in [1.807, 2.05) is 0 Å². The lowest BCUT2D eigenvalue weighted by atomic mass is 10.1. The summed E-state index contributed by atoms with van der Waals surface area (Å²) < 4.78 is 15.9. The zero-order valence-corrected chi connectivity index (χ0v) is 11.5. The fraction of sp³-hybridized carbons (Fsp3) is 0.357. The molecule has 3 unspecified atom stereocenters. The number of carbonyl (C=O) groups excluding carboxylic acids is 1. The van der Waals surface area contributed by atoms with Gasteiger partial charge in [-0.2, -0.15) is 0 Å². The van der Waals surface area contributed by atoms with Crippen molar-refractivity contribution in [3.05, 3.63) is 35.3 Å². The third-order valence-corrected chi connectivity index (χ3v) is 3.51. The number of hydrogen-bond acceptors (Lipinski definition) is 8. The predicted molar refractivity (Wildman–Crippen MR) is 69.3 cm³/mol. The van der Waals surface area contributed by atoms with Crippen molar-refractivity contribution < 1.29 is 39.4 Å². The third-order valence-electron chi connectivity index (χ3n) is 3.51.